The average Bonchev–Trinajstić information content (AvgIpc) is 2.91. The number of hydrogen-bond donors (Lipinski definition) is 0. The normalized spacial score (nSPS) is 10.2. The maximum absolute atomic E-state index is 11.9. The summed E-state index contributed by atoms with van der Waals surface area (Å²) in [5.74, 6) is 0.0266. The van der Waals surface area contributed by atoms with Crippen LogP contribution in [0, 0.1) is 0 Å². The van der Waals surface area contributed by atoms with Gasteiger partial charge in [0, 0.05) is 16.3 Å². The zero-order valence-corrected chi connectivity index (χ0v) is 12.0. The molecule has 0 aliphatic carbocycles. The van der Waals surface area contributed by atoms with Crippen molar-refractivity contribution in [2.45, 2.75) is 6.42 Å². The first-order valence-electron chi connectivity index (χ1n) is 5.74. The van der Waals surface area contributed by atoms with Crippen LogP contribution in [0.1, 0.15) is 15.2 Å². The van der Waals surface area contributed by atoms with Crippen molar-refractivity contribution in [1.82, 2.24) is 0 Å². The molecule has 2 aromatic rings. The summed E-state index contributed by atoms with van der Waals surface area (Å²) in [6.07, 6.45) is 0.722. The van der Waals surface area contributed by atoms with Gasteiger partial charge in [-0.25, -0.2) is 4.79 Å². The van der Waals surface area contributed by atoms with Gasteiger partial charge in [0.05, 0.1) is 13.7 Å². The summed E-state index contributed by atoms with van der Waals surface area (Å²) in [5, 5.41) is 2.52. The fraction of sp³-hybridized carbons (Fsp3) is 0.214. The number of carbonyl (C=O) groups excluding carboxylic acids is 1. The highest BCUT2D eigenvalue weighted by Crippen LogP contribution is 2.23. The number of ether oxygens (including phenoxy) is 2. The summed E-state index contributed by atoms with van der Waals surface area (Å²) in [4.78, 5) is 13.1. The maximum atomic E-state index is 11.9. The average molecular weight is 297 g/mol. The third-order valence-electron chi connectivity index (χ3n) is 2.55. The monoisotopic (exact) mass is 296 g/mol. The van der Waals surface area contributed by atoms with Crippen molar-refractivity contribution >= 4 is 28.9 Å². The Morgan fingerprint density at radius 3 is 2.89 bits per heavy atom. The number of carbonyl (C=O) groups is 1. The minimum Gasteiger partial charge on any atom is -0.496 e. The predicted octanol–water partition coefficient (Wildman–Crippen LogP) is 3.81. The second-order valence-corrected chi connectivity index (χ2v) is 5.28. The van der Waals surface area contributed by atoms with Crippen LogP contribution in [0.5, 0.6) is 5.75 Å². The van der Waals surface area contributed by atoms with E-state index in [1.54, 1.807) is 29.5 Å². The molecule has 1 aromatic heterocycles. The smallest absolute Gasteiger partial charge is 0.341 e. The molecule has 100 valence electrons. The van der Waals surface area contributed by atoms with Crippen LogP contribution >= 0.6 is 22.9 Å². The highest BCUT2D eigenvalue weighted by atomic mass is 35.5. The van der Waals surface area contributed by atoms with Crippen LogP contribution in [0.4, 0.5) is 0 Å². The lowest BCUT2D eigenvalue weighted by molar-refractivity contribution is 0.0506. The fourth-order valence-corrected chi connectivity index (χ4v) is 2.46. The summed E-state index contributed by atoms with van der Waals surface area (Å²) in [5.41, 5.74) is 0.387. The van der Waals surface area contributed by atoms with E-state index in [0.29, 0.717) is 22.9 Å². The number of thiophene rings is 1. The van der Waals surface area contributed by atoms with Gasteiger partial charge < -0.3 is 9.47 Å². The molecule has 0 unspecified atom stereocenters. The molecular weight excluding hydrogens is 284 g/mol. The van der Waals surface area contributed by atoms with E-state index in [4.69, 9.17) is 21.1 Å². The molecule has 0 aliphatic heterocycles. The van der Waals surface area contributed by atoms with Crippen LogP contribution in [0.25, 0.3) is 0 Å². The van der Waals surface area contributed by atoms with Gasteiger partial charge in [0.25, 0.3) is 0 Å². The molecule has 1 aromatic carbocycles. The van der Waals surface area contributed by atoms with Crippen molar-refractivity contribution in [3.63, 3.8) is 0 Å². The van der Waals surface area contributed by atoms with Gasteiger partial charge in [0.15, 0.2) is 0 Å². The largest absolute Gasteiger partial charge is 0.496 e. The molecule has 0 atom stereocenters. The number of benzene rings is 1. The van der Waals surface area contributed by atoms with Gasteiger partial charge in [-0.15, -0.1) is 11.3 Å². The van der Waals surface area contributed by atoms with Crippen LogP contribution in [-0.4, -0.2) is 19.7 Å². The number of rotatable bonds is 5. The van der Waals surface area contributed by atoms with Crippen molar-refractivity contribution in [3.05, 3.63) is 51.2 Å². The van der Waals surface area contributed by atoms with E-state index in [1.165, 1.54) is 12.0 Å². The minimum atomic E-state index is -0.398. The van der Waals surface area contributed by atoms with E-state index >= 15 is 0 Å². The van der Waals surface area contributed by atoms with Crippen LogP contribution in [0.2, 0.25) is 5.02 Å². The van der Waals surface area contributed by atoms with Gasteiger partial charge in [0.1, 0.15) is 11.3 Å². The first-order chi connectivity index (χ1) is 9.20. The first-order valence-corrected chi connectivity index (χ1v) is 6.99. The number of esters is 1. The van der Waals surface area contributed by atoms with E-state index in [1.807, 2.05) is 17.5 Å². The maximum Gasteiger partial charge on any atom is 0.341 e. The summed E-state index contributed by atoms with van der Waals surface area (Å²) in [7, 11) is 1.49. The van der Waals surface area contributed by atoms with Crippen molar-refractivity contribution in [3.8, 4) is 5.75 Å². The molecule has 1 heterocycles. The molecule has 0 amide bonds. The van der Waals surface area contributed by atoms with Crippen molar-refractivity contribution < 1.29 is 14.3 Å². The highest BCUT2D eigenvalue weighted by molar-refractivity contribution is 7.09. The lowest BCUT2D eigenvalue weighted by Crippen LogP contribution is -2.09. The van der Waals surface area contributed by atoms with Gasteiger partial charge in [-0.3, -0.25) is 0 Å². The molecule has 0 saturated heterocycles. The predicted molar refractivity (Wildman–Crippen MR) is 76.3 cm³/mol. The van der Waals surface area contributed by atoms with Crippen LogP contribution in [0.15, 0.2) is 35.7 Å². The minimum absolute atomic E-state index is 0.352. The highest BCUT2D eigenvalue weighted by Gasteiger charge is 2.14. The van der Waals surface area contributed by atoms with Gasteiger partial charge in [-0.05, 0) is 29.6 Å². The molecular formula is C14H13ClO3S. The molecule has 3 nitrogen and oxygen atoms in total. The van der Waals surface area contributed by atoms with E-state index in [9.17, 15) is 4.79 Å². The third kappa shape index (κ3) is 3.72. The van der Waals surface area contributed by atoms with Crippen LogP contribution < -0.4 is 4.74 Å². The summed E-state index contributed by atoms with van der Waals surface area (Å²) < 4.78 is 10.3. The standard InChI is InChI=1S/C14H13ClO3S/c1-17-13-9-10(15)4-5-12(13)14(16)18-7-6-11-3-2-8-19-11/h2-5,8-9H,6-7H2,1H3. The Morgan fingerprint density at radius 2 is 2.21 bits per heavy atom. The van der Waals surface area contributed by atoms with E-state index in [0.717, 1.165) is 6.42 Å². The van der Waals surface area contributed by atoms with Gasteiger partial charge in [0.2, 0.25) is 0 Å². The van der Waals surface area contributed by atoms with Gasteiger partial charge in [-0.2, -0.15) is 0 Å². The van der Waals surface area contributed by atoms with Crippen molar-refractivity contribution in [2.75, 3.05) is 13.7 Å². The Kier molecular flexibility index (Phi) is 4.82. The third-order valence-corrected chi connectivity index (χ3v) is 3.72. The van der Waals surface area contributed by atoms with E-state index < -0.39 is 5.97 Å². The number of halogens is 1. The summed E-state index contributed by atoms with van der Waals surface area (Å²) in [6, 6.07) is 8.83. The summed E-state index contributed by atoms with van der Waals surface area (Å²) >= 11 is 7.49. The molecule has 0 saturated carbocycles. The summed E-state index contributed by atoms with van der Waals surface area (Å²) in [6.45, 7) is 0.352. The van der Waals surface area contributed by atoms with Gasteiger partial charge >= 0.3 is 5.97 Å². The van der Waals surface area contributed by atoms with E-state index in [2.05, 4.69) is 0 Å². The quantitative estimate of drug-likeness (QED) is 0.787. The second-order valence-electron chi connectivity index (χ2n) is 3.81. The number of hydrogen-bond acceptors (Lipinski definition) is 4. The topological polar surface area (TPSA) is 35.5 Å². The zero-order chi connectivity index (χ0) is 13.7. The SMILES string of the molecule is COc1cc(Cl)ccc1C(=O)OCCc1cccs1. The molecule has 19 heavy (non-hydrogen) atoms. The first kappa shape index (κ1) is 13.9. The molecule has 0 aliphatic rings. The van der Waals surface area contributed by atoms with E-state index in [-0.39, 0.29) is 0 Å². The van der Waals surface area contributed by atoms with Crippen LogP contribution in [-0.2, 0) is 11.2 Å². The lowest BCUT2D eigenvalue weighted by Gasteiger charge is -2.08. The molecule has 0 bridgehead atoms. The Morgan fingerprint density at radius 1 is 1.37 bits per heavy atom. The van der Waals surface area contributed by atoms with Gasteiger partial charge in [-0.1, -0.05) is 17.7 Å². The number of methoxy groups -OCH3 is 1. The van der Waals surface area contributed by atoms with Crippen molar-refractivity contribution in [2.24, 2.45) is 0 Å². The second kappa shape index (κ2) is 6.59. The van der Waals surface area contributed by atoms with Crippen LogP contribution in [0.3, 0.4) is 0 Å². The molecule has 2 rings (SSSR count). The Labute approximate surface area is 120 Å². The van der Waals surface area contributed by atoms with Crippen molar-refractivity contribution in [1.29, 1.82) is 0 Å². The molecule has 0 radical (unpaired) electrons. The molecule has 5 heteroatoms. The molecule has 0 fully saturated rings. The molecule has 0 N–H and O–H groups in total. The zero-order valence-electron chi connectivity index (χ0n) is 10.4. The molecule has 0 spiro atoms. The lowest BCUT2D eigenvalue weighted by atomic mass is 10.2. The fourth-order valence-electron chi connectivity index (χ4n) is 1.61. The Bertz CT molecular complexity index is 552. The Balaban J connectivity index is 1.96. The Hall–Kier alpha value is -1.52.